The van der Waals surface area contributed by atoms with E-state index in [2.05, 4.69) is 43.7 Å². The highest BCUT2D eigenvalue weighted by Gasteiger charge is 1.89. The third kappa shape index (κ3) is 3.22. The molecule has 11 heavy (non-hydrogen) atoms. The van der Waals surface area contributed by atoms with E-state index in [1.807, 2.05) is 0 Å². The second-order valence-electron chi connectivity index (χ2n) is 2.72. The van der Waals surface area contributed by atoms with Crippen LogP contribution in [0, 0.1) is 6.42 Å². The van der Waals surface area contributed by atoms with Gasteiger partial charge < -0.3 is 0 Å². The second-order valence-corrected chi connectivity index (χ2v) is 2.72. The monoisotopic (exact) mass is 147 g/mol. The molecule has 0 unspecified atom stereocenters. The molecule has 1 aromatic rings. The van der Waals surface area contributed by atoms with E-state index in [9.17, 15) is 0 Å². The highest BCUT2D eigenvalue weighted by atomic mass is 13.9. The molecule has 0 N–H and O–H groups in total. The predicted molar refractivity (Wildman–Crippen MR) is 49.4 cm³/mol. The average Bonchev–Trinajstić information content (AvgIpc) is 2.07. The van der Waals surface area contributed by atoms with Crippen molar-refractivity contribution in [3.05, 3.63) is 42.3 Å². The number of aryl methyl sites for hydroxylation is 1. The van der Waals surface area contributed by atoms with Crippen molar-refractivity contribution in [3.63, 3.8) is 0 Å². The van der Waals surface area contributed by atoms with E-state index < -0.39 is 0 Å². The van der Waals surface area contributed by atoms with Crippen molar-refractivity contribution in [1.82, 2.24) is 0 Å². The van der Waals surface area contributed by atoms with Crippen LogP contribution in [0.3, 0.4) is 0 Å². The molecule has 0 fully saturated rings. The average molecular weight is 147 g/mol. The smallest absolute Gasteiger partial charge is 0.0276 e. The van der Waals surface area contributed by atoms with Gasteiger partial charge in [0.2, 0.25) is 0 Å². The van der Waals surface area contributed by atoms with Gasteiger partial charge in [0.25, 0.3) is 0 Å². The molecule has 0 aromatic heterocycles. The van der Waals surface area contributed by atoms with Crippen LogP contribution in [0.4, 0.5) is 0 Å². The first kappa shape index (κ1) is 8.32. The van der Waals surface area contributed by atoms with Crippen LogP contribution in [0.25, 0.3) is 0 Å². The first-order chi connectivity index (χ1) is 5.43. The van der Waals surface area contributed by atoms with Crippen molar-refractivity contribution in [2.45, 2.75) is 26.2 Å². The second kappa shape index (κ2) is 4.95. The number of hydrogen-bond donors (Lipinski definition) is 0. The van der Waals surface area contributed by atoms with Gasteiger partial charge in [-0.2, -0.15) is 0 Å². The third-order valence-corrected chi connectivity index (χ3v) is 1.77. The van der Waals surface area contributed by atoms with Crippen LogP contribution in [0.2, 0.25) is 0 Å². The Kier molecular flexibility index (Phi) is 3.74. The molecule has 0 saturated carbocycles. The molecular weight excluding hydrogens is 132 g/mol. The maximum atomic E-state index is 2.33. The zero-order valence-corrected chi connectivity index (χ0v) is 7.09. The van der Waals surface area contributed by atoms with Gasteiger partial charge in [0, 0.05) is 0 Å². The van der Waals surface area contributed by atoms with Gasteiger partial charge in [-0.3, -0.25) is 0 Å². The Labute approximate surface area is 69.3 Å². The Balaban J connectivity index is 2.28. The Morgan fingerprint density at radius 1 is 1.18 bits per heavy atom. The molecule has 0 amide bonds. The molecule has 0 heterocycles. The Morgan fingerprint density at radius 3 is 2.55 bits per heavy atom. The van der Waals surface area contributed by atoms with Gasteiger partial charge in [-0.1, -0.05) is 43.7 Å². The van der Waals surface area contributed by atoms with Crippen LogP contribution in [-0.4, -0.2) is 0 Å². The quantitative estimate of drug-likeness (QED) is 0.573. The van der Waals surface area contributed by atoms with Crippen LogP contribution < -0.4 is 0 Å². The topological polar surface area (TPSA) is 0 Å². The first-order valence-electron chi connectivity index (χ1n) is 4.29. The fourth-order valence-electron chi connectivity index (χ4n) is 1.12. The molecule has 0 aliphatic heterocycles. The molecule has 0 nitrogen and oxygen atoms in total. The number of rotatable bonds is 4. The van der Waals surface area contributed by atoms with Gasteiger partial charge >= 0.3 is 0 Å². The lowest BCUT2D eigenvalue weighted by Crippen LogP contribution is -1.83. The Morgan fingerprint density at radius 2 is 1.91 bits per heavy atom. The summed E-state index contributed by atoms with van der Waals surface area (Å²) in [5.41, 5.74) is 1.44. The zero-order chi connectivity index (χ0) is 7.94. The van der Waals surface area contributed by atoms with E-state index in [-0.39, 0.29) is 0 Å². The normalized spacial score (nSPS) is 9.91. The highest BCUT2D eigenvalue weighted by molar-refractivity contribution is 5.14. The maximum Gasteiger partial charge on any atom is -0.0276 e. The minimum absolute atomic E-state index is 1.19. The van der Waals surface area contributed by atoms with Crippen molar-refractivity contribution >= 4 is 0 Å². The standard InChI is InChI=1S/C11H15/c1-2-3-5-8-11-9-6-4-7-10-11/h3-4,6-7,9-10H,2,5,8H2,1H3. The van der Waals surface area contributed by atoms with Gasteiger partial charge in [-0.15, -0.1) is 0 Å². The summed E-state index contributed by atoms with van der Waals surface area (Å²) in [4.78, 5) is 0. The summed E-state index contributed by atoms with van der Waals surface area (Å²) < 4.78 is 0. The summed E-state index contributed by atoms with van der Waals surface area (Å²) in [7, 11) is 0. The third-order valence-electron chi connectivity index (χ3n) is 1.77. The van der Waals surface area contributed by atoms with Crippen LogP contribution >= 0.6 is 0 Å². The highest BCUT2D eigenvalue weighted by Crippen LogP contribution is 2.04. The Bertz CT molecular complexity index is 176. The van der Waals surface area contributed by atoms with Crippen molar-refractivity contribution in [2.75, 3.05) is 0 Å². The zero-order valence-electron chi connectivity index (χ0n) is 7.09. The lowest BCUT2D eigenvalue weighted by molar-refractivity contribution is 0.878. The Hall–Kier alpha value is -0.780. The lowest BCUT2D eigenvalue weighted by atomic mass is 10.1. The van der Waals surface area contributed by atoms with E-state index >= 15 is 0 Å². The van der Waals surface area contributed by atoms with Crippen molar-refractivity contribution < 1.29 is 0 Å². The summed E-state index contributed by atoms with van der Waals surface area (Å²) in [5.74, 6) is 0. The lowest BCUT2D eigenvalue weighted by Gasteiger charge is -1.97. The van der Waals surface area contributed by atoms with Crippen molar-refractivity contribution in [3.8, 4) is 0 Å². The molecule has 0 bridgehead atoms. The number of unbranched alkanes of at least 4 members (excludes halogenated alkanes) is 2. The minimum Gasteiger partial charge on any atom is -0.0651 e. The molecule has 0 spiro atoms. The summed E-state index contributed by atoms with van der Waals surface area (Å²) in [6, 6.07) is 10.6. The molecule has 0 atom stereocenters. The molecule has 0 aliphatic rings. The van der Waals surface area contributed by atoms with Gasteiger partial charge in [0.1, 0.15) is 0 Å². The van der Waals surface area contributed by atoms with E-state index in [1.54, 1.807) is 0 Å². The molecule has 1 aromatic carbocycles. The summed E-state index contributed by atoms with van der Waals surface area (Å²) in [5, 5.41) is 0. The largest absolute Gasteiger partial charge is 0.0651 e. The van der Waals surface area contributed by atoms with Crippen LogP contribution in [0.1, 0.15) is 25.3 Å². The van der Waals surface area contributed by atoms with Crippen molar-refractivity contribution in [1.29, 1.82) is 0 Å². The van der Waals surface area contributed by atoms with E-state index in [0.29, 0.717) is 0 Å². The van der Waals surface area contributed by atoms with Gasteiger partial charge in [0.15, 0.2) is 0 Å². The maximum absolute atomic E-state index is 2.33. The number of hydrogen-bond acceptors (Lipinski definition) is 0. The first-order valence-corrected chi connectivity index (χ1v) is 4.29. The molecule has 59 valence electrons. The van der Waals surface area contributed by atoms with Crippen molar-refractivity contribution in [2.24, 2.45) is 0 Å². The number of benzene rings is 1. The molecule has 1 rings (SSSR count). The summed E-state index contributed by atoms with van der Waals surface area (Å²) in [6.45, 7) is 2.19. The molecule has 0 aliphatic carbocycles. The van der Waals surface area contributed by atoms with Gasteiger partial charge in [-0.25, -0.2) is 0 Å². The van der Waals surface area contributed by atoms with E-state index in [4.69, 9.17) is 0 Å². The minimum atomic E-state index is 1.19. The van der Waals surface area contributed by atoms with Crippen LogP contribution in [0.15, 0.2) is 30.3 Å². The van der Waals surface area contributed by atoms with E-state index in [1.165, 1.54) is 24.8 Å². The van der Waals surface area contributed by atoms with Gasteiger partial charge in [0.05, 0.1) is 0 Å². The van der Waals surface area contributed by atoms with E-state index in [0.717, 1.165) is 0 Å². The van der Waals surface area contributed by atoms with Crippen LogP contribution in [0.5, 0.6) is 0 Å². The SMILES string of the molecule is CC[CH]CCc1ccccc1. The molecule has 0 saturated heterocycles. The van der Waals surface area contributed by atoms with Crippen LogP contribution in [-0.2, 0) is 6.42 Å². The molecule has 0 heteroatoms. The fraction of sp³-hybridized carbons (Fsp3) is 0.364. The fourth-order valence-corrected chi connectivity index (χ4v) is 1.12. The summed E-state index contributed by atoms with van der Waals surface area (Å²) >= 11 is 0. The molecule has 1 radical (unpaired) electrons. The predicted octanol–water partition coefficient (Wildman–Crippen LogP) is 3.23. The molecular formula is C11H15. The summed E-state index contributed by atoms with van der Waals surface area (Å²) in [6.07, 6.45) is 5.91. The van der Waals surface area contributed by atoms with Gasteiger partial charge in [-0.05, 0) is 24.8 Å².